The summed E-state index contributed by atoms with van der Waals surface area (Å²) in [6.07, 6.45) is 0.575. The molecule has 7 heteroatoms. The number of carbonyl (C=O) groups excluding carboxylic acids is 1. The number of benzene rings is 1. The molecule has 0 spiro atoms. The van der Waals surface area contributed by atoms with E-state index in [4.69, 9.17) is 21.1 Å². The summed E-state index contributed by atoms with van der Waals surface area (Å²) in [6, 6.07) is 3.15. The lowest BCUT2D eigenvalue weighted by atomic mass is 9.90. The van der Waals surface area contributed by atoms with Gasteiger partial charge in [-0.2, -0.15) is 0 Å². The van der Waals surface area contributed by atoms with Crippen LogP contribution in [-0.2, 0) is 4.79 Å². The van der Waals surface area contributed by atoms with Crippen LogP contribution in [0.4, 0.5) is 0 Å². The fourth-order valence-electron chi connectivity index (χ4n) is 3.11. The average molecular weight is 384 g/mol. The largest absolute Gasteiger partial charge is 0.493 e. The summed E-state index contributed by atoms with van der Waals surface area (Å²) in [5.74, 6) is -0.426. The Morgan fingerprint density at radius 1 is 1.35 bits per heavy atom. The van der Waals surface area contributed by atoms with Crippen LogP contribution in [0.15, 0.2) is 12.1 Å². The molecule has 6 nitrogen and oxygen atoms in total. The number of nitrogens with zero attached hydrogens (tertiary/aromatic N) is 1. The van der Waals surface area contributed by atoms with Crippen molar-refractivity contribution in [1.82, 2.24) is 4.90 Å². The van der Waals surface area contributed by atoms with E-state index in [0.717, 1.165) is 0 Å². The van der Waals surface area contributed by atoms with Gasteiger partial charge in [0.2, 0.25) is 0 Å². The number of rotatable bonds is 6. The van der Waals surface area contributed by atoms with E-state index in [1.54, 1.807) is 17.0 Å². The van der Waals surface area contributed by atoms with Crippen molar-refractivity contribution in [1.29, 1.82) is 0 Å². The molecule has 2 rings (SSSR count). The molecule has 1 aromatic rings. The Balaban J connectivity index is 2.25. The highest BCUT2D eigenvalue weighted by Crippen LogP contribution is 2.37. The van der Waals surface area contributed by atoms with E-state index < -0.39 is 11.9 Å². The molecule has 26 heavy (non-hydrogen) atoms. The zero-order valence-corrected chi connectivity index (χ0v) is 16.4. The first kappa shape index (κ1) is 20.4. The van der Waals surface area contributed by atoms with Gasteiger partial charge in [-0.05, 0) is 30.4 Å². The predicted octanol–water partition coefficient (Wildman–Crippen LogP) is 3.57. The first-order valence-electron chi connectivity index (χ1n) is 8.75. The standard InChI is InChI=1S/C19H26ClNO5/c1-11(2)10-26-17-15(20)6-13(7-16(17)25-4)18(22)21-8-12(3)5-14(9-21)19(23)24/h6-7,11-12,14H,5,8-10H2,1-4H3,(H,23,24). The summed E-state index contributed by atoms with van der Waals surface area (Å²) in [6.45, 7) is 7.20. The number of amides is 1. The van der Waals surface area contributed by atoms with E-state index in [0.29, 0.717) is 47.6 Å². The summed E-state index contributed by atoms with van der Waals surface area (Å²) in [5.41, 5.74) is 0.363. The Hall–Kier alpha value is -1.95. The van der Waals surface area contributed by atoms with Crippen LogP contribution >= 0.6 is 11.6 Å². The van der Waals surface area contributed by atoms with E-state index in [1.165, 1.54) is 7.11 Å². The molecule has 1 aromatic carbocycles. The molecule has 1 fully saturated rings. The highest BCUT2D eigenvalue weighted by atomic mass is 35.5. The highest BCUT2D eigenvalue weighted by Gasteiger charge is 2.32. The van der Waals surface area contributed by atoms with Gasteiger partial charge in [0.15, 0.2) is 11.5 Å². The van der Waals surface area contributed by atoms with E-state index >= 15 is 0 Å². The minimum Gasteiger partial charge on any atom is -0.493 e. The minimum absolute atomic E-state index is 0.125. The van der Waals surface area contributed by atoms with E-state index in [1.807, 2.05) is 20.8 Å². The van der Waals surface area contributed by atoms with Gasteiger partial charge in [0, 0.05) is 18.7 Å². The molecular weight excluding hydrogens is 358 g/mol. The van der Waals surface area contributed by atoms with Crippen molar-refractivity contribution in [3.8, 4) is 11.5 Å². The lowest BCUT2D eigenvalue weighted by molar-refractivity contribution is -0.143. The molecule has 0 saturated carbocycles. The van der Waals surface area contributed by atoms with Crippen LogP contribution in [0.2, 0.25) is 5.02 Å². The number of halogens is 1. The molecule has 1 heterocycles. The number of methoxy groups -OCH3 is 1. The number of ether oxygens (including phenoxy) is 2. The number of hydrogen-bond donors (Lipinski definition) is 1. The lowest BCUT2D eigenvalue weighted by Crippen LogP contribution is -2.45. The molecule has 0 aliphatic carbocycles. The number of piperidine rings is 1. The van der Waals surface area contributed by atoms with Crippen molar-refractivity contribution in [2.24, 2.45) is 17.8 Å². The van der Waals surface area contributed by atoms with Crippen LogP contribution in [0, 0.1) is 17.8 Å². The quantitative estimate of drug-likeness (QED) is 0.812. The molecule has 1 N–H and O–H groups in total. The van der Waals surface area contributed by atoms with Gasteiger partial charge in [-0.25, -0.2) is 0 Å². The molecule has 1 aliphatic heterocycles. The average Bonchev–Trinajstić information content (AvgIpc) is 2.58. The van der Waals surface area contributed by atoms with Crippen molar-refractivity contribution in [3.63, 3.8) is 0 Å². The molecule has 144 valence electrons. The summed E-state index contributed by atoms with van der Waals surface area (Å²) >= 11 is 6.32. The van der Waals surface area contributed by atoms with Crippen LogP contribution in [0.3, 0.4) is 0 Å². The van der Waals surface area contributed by atoms with Crippen molar-refractivity contribution in [2.75, 3.05) is 26.8 Å². The summed E-state index contributed by atoms with van der Waals surface area (Å²) in [5, 5.41) is 9.60. The van der Waals surface area contributed by atoms with Gasteiger partial charge in [0.1, 0.15) is 0 Å². The molecule has 2 atom stereocenters. The number of carbonyl (C=O) groups is 2. The normalized spacial score (nSPS) is 20.2. The molecule has 2 unspecified atom stereocenters. The molecule has 0 bridgehead atoms. The first-order chi connectivity index (χ1) is 12.2. The third-order valence-corrected chi connectivity index (χ3v) is 4.61. The number of carboxylic acid groups (broad SMARTS) is 1. The van der Waals surface area contributed by atoms with Crippen LogP contribution in [0.25, 0.3) is 0 Å². The highest BCUT2D eigenvalue weighted by molar-refractivity contribution is 6.32. The van der Waals surface area contributed by atoms with Gasteiger partial charge < -0.3 is 19.5 Å². The first-order valence-corrected chi connectivity index (χ1v) is 9.13. The maximum absolute atomic E-state index is 12.9. The molecule has 1 saturated heterocycles. The smallest absolute Gasteiger partial charge is 0.308 e. The lowest BCUT2D eigenvalue weighted by Gasteiger charge is -2.34. The fourth-order valence-corrected chi connectivity index (χ4v) is 3.38. The minimum atomic E-state index is -0.873. The maximum atomic E-state index is 12.9. The van der Waals surface area contributed by atoms with Crippen LogP contribution in [0.1, 0.15) is 37.6 Å². The third-order valence-electron chi connectivity index (χ3n) is 4.33. The Bertz CT molecular complexity index is 676. The summed E-state index contributed by atoms with van der Waals surface area (Å²) in [4.78, 5) is 25.8. The van der Waals surface area contributed by atoms with Crippen LogP contribution < -0.4 is 9.47 Å². The van der Waals surface area contributed by atoms with E-state index in [-0.39, 0.29) is 18.4 Å². The van der Waals surface area contributed by atoms with Gasteiger partial charge in [-0.3, -0.25) is 9.59 Å². The molecule has 1 amide bonds. The van der Waals surface area contributed by atoms with Crippen molar-refractivity contribution >= 4 is 23.5 Å². The van der Waals surface area contributed by atoms with Gasteiger partial charge in [0.05, 0.1) is 24.7 Å². The zero-order chi connectivity index (χ0) is 19.4. The second kappa shape index (κ2) is 8.62. The fraction of sp³-hybridized carbons (Fsp3) is 0.579. The van der Waals surface area contributed by atoms with Crippen molar-refractivity contribution < 1.29 is 24.2 Å². The van der Waals surface area contributed by atoms with Crippen molar-refractivity contribution in [3.05, 3.63) is 22.7 Å². The summed E-state index contributed by atoms with van der Waals surface area (Å²) in [7, 11) is 1.49. The van der Waals surface area contributed by atoms with Crippen molar-refractivity contribution in [2.45, 2.75) is 27.2 Å². The Labute approximate surface area is 159 Å². The predicted molar refractivity (Wildman–Crippen MR) is 99.1 cm³/mol. The Kier molecular flexibility index (Phi) is 6.75. The molecular formula is C19H26ClNO5. The Morgan fingerprint density at radius 2 is 2.04 bits per heavy atom. The second-order valence-corrected chi connectivity index (χ2v) is 7.69. The van der Waals surface area contributed by atoms with Gasteiger partial charge in [-0.1, -0.05) is 32.4 Å². The van der Waals surface area contributed by atoms with Gasteiger partial charge in [-0.15, -0.1) is 0 Å². The molecule has 1 aliphatic rings. The third kappa shape index (κ3) is 4.81. The summed E-state index contributed by atoms with van der Waals surface area (Å²) < 4.78 is 11.0. The Morgan fingerprint density at radius 3 is 2.62 bits per heavy atom. The number of hydrogen-bond acceptors (Lipinski definition) is 4. The second-order valence-electron chi connectivity index (χ2n) is 7.28. The molecule has 0 radical (unpaired) electrons. The van der Waals surface area contributed by atoms with Gasteiger partial charge >= 0.3 is 5.97 Å². The molecule has 0 aromatic heterocycles. The topological polar surface area (TPSA) is 76.1 Å². The monoisotopic (exact) mass is 383 g/mol. The van der Waals surface area contributed by atoms with Crippen LogP contribution in [0.5, 0.6) is 11.5 Å². The van der Waals surface area contributed by atoms with Gasteiger partial charge in [0.25, 0.3) is 5.91 Å². The SMILES string of the molecule is COc1cc(C(=O)N2CC(C)CC(C(=O)O)C2)cc(Cl)c1OCC(C)C. The number of likely N-dealkylation sites (tertiary alicyclic amines) is 1. The van der Waals surface area contributed by atoms with Crippen LogP contribution in [-0.4, -0.2) is 48.7 Å². The number of carboxylic acids is 1. The zero-order valence-electron chi connectivity index (χ0n) is 15.6. The maximum Gasteiger partial charge on any atom is 0.308 e. The van der Waals surface area contributed by atoms with E-state index in [2.05, 4.69) is 0 Å². The number of aliphatic carboxylic acids is 1. The van der Waals surface area contributed by atoms with E-state index in [9.17, 15) is 14.7 Å².